The van der Waals surface area contributed by atoms with Crippen LogP contribution in [0, 0.1) is 0 Å². The fraction of sp³-hybridized carbons (Fsp3) is 0.600. The van der Waals surface area contributed by atoms with Gasteiger partial charge in [0.05, 0.1) is 5.75 Å². The van der Waals surface area contributed by atoms with Gasteiger partial charge in [0.2, 0.25) is 27.8 Å². The largest absolute Gasteiger partial charge is 0.338 e. The Bertz CT molecular complexity index is 716. The molecule has 0 aliphatic carbocycles. The number of imide groups is 1. The molecular formula is C15H21N5O4S. The molecule has 2 fully saturated rings. The molecule has 3 heterocycles. The second kappa shape index (κ2) is 7.44. The van der Waals surface area contributed by atoms with Crippen molar-refractivity contribution in [3.05, 3.63) is 18.5 Å². The van der Waals surface area contributed by atoms with E-state index in [1.54, 1.807) is 18.5 Å². The Kier molecular flexibility index (Phi) is 5.28. The van der Waals surface area contributed by atoms with Crippen molar-refractivity contribution in [2.45, 2.75) is 19.3 Å². The van der Waals surface area contributed by atoms with Gasteiger partial charge in [-0.25, -0.2) is 18.4 Å². The minimum Gasteiger partial charge on any atom is -0.338 e. The van der Waals surface area contributed by atoms with Crippen molar-refractivity contribution < 1.29 is 18.0 Å². The van der Waals surface area contributed by atoms with Gasteiger partial charge in [0.15, 0.2) is 0 Å². The second-order valence-electron chi connectivity index (χ2n) is 6.04. The summed E-state index contributed by atoms with van der Waals surface area (Å²) in [6, 6.07) is 1.73. The van der Waals surface area contributed by atoms with E-state index in [1.165, 1.54) is 4.31 Å². The van der Waals surface area contributed by atoms with E-state index in [4.69, 9.17) is 0 Å². The van der Waals surface area contributed by atoms with Gasteiger partial charge in [-0.1, -0.05) is 0 Å². The molecule has 25 heavy (non-hydrogen) atoms. The Morgan fingerprint density at radius 3 is 2.16 bits per heavy atom. The lowest BCUT2D eigenvalue weighted by Gasteiger charge is -2.34. The number of rotatable bonds is 5. The molecule has 2 aliphatic heterocycles. The number of piperidine rings is 1. The number of hydrogen-bond acceptors (Lipinski definition) is 7. The van der Waals surface area contributed by atoms with Gasteiger partial charge in [0.25, 0.3) is 0 Å². The number of nitrogens with zero attached hydrogens (tertiary/aromatic N) is 5. The first-order chi connectivity index (χ1) is 12.0. The van der Waals surface area contributed by atoms with Gasteiger partial charge in [-0.15, -0.1) is 0 Å². The summed E-state index contributed by atoms with van der Waals surface area (Å²) in [4.78, 5) is 34.9. The standard InChI is InChI=1S/C15H21N5O4S/c21-13-3-1-4-14(22)20(13)11-12-25(23,24)19-9-7-18(8-10-19)15-16-5-2-6-17-15/h2,5-6H,1,3-4,7-12H2. The van der Waals surface area contributed by atoms with E-state index in [-0.39, 0.29) is 24.1 Å². The van der Waals surface area contributed by atoms with Gasteiger partial charge in [-0.05, 0) is 12.5 Å². The van der Waals surface area contributed by atoms with Crippen molar-refractivity contribution in [3.63, 3.8) is 0 Å². The predicted octanol–water partition coefficient (Wildman–Crippen LogP) is -0.532. The highest BCUT2D eigenvalue weighted by molar-refractivity contribution is 7.89. The van der Waals surface area contributed by atoms with Crippen LogP contribution in [0.1, 0.15) is 19.3 Å². The molecule has 136 valence electrons. The first kappa shape index (κ1) is 17.7. The Labute approximate surface area is 146 Å². The minimum atomic E-state index is -3.52. The summed E-state index contributed by atoms with van der Waals surface area (Å²) in [5.74, 6) is -0.203. The summed E-state index contributed by atoms with van der Waals surface area (Å²) in [5.41, 5.74) is 0. The number of piperazine rings is 1. The summed E-state index contributed by atoms with van der Waals surface area (Å²) in [6.45, 7) is 1.61. The van der Waals surface area contributed by atoms with Gasteiger partial charge in [0.1, 0.15) is 0 Å². The van der Waals surface area contributed by atoms with E-state index >= 15 is 0 Å². The highest BCUT2D eigenvalue weighted by Crippen LogP contribution is 2.15. The molecule has 1 aromatic rings. The van der Waals surface area contributed by atoms with Gasteiger partial charge >= 0.3 is 0 Å². The van der Waals surface area contributed by atoms with E-state index in [2.05, 4.69) is 9.97 Å². The number of aromatic nitrogens is 2. The molecule has 2 aliphatic rings. The summed E-state index contributed by atoms with van der Waals surface area (Å²) in [7, 11) is -3.52. The van der Waals surface area contributed by atoms with Crippen LogP contribution in [0.2, 0.25) is 0 Å². The number of amides is 2. The number of carbonyl (C=O) groups excluding carboxylic acids is 2. The third kappa shape index (κ3) is 4.13. The van der Waals surface area contributed by atoms with Crippen LogP contribution in [0.4, 0.5) is 5.95 Å². The van der Waals surface area contributed by atoms with Gasteiger partial charge in [-0.3, -0.25) is 14.5 Å². The van der Waals surface area contributed by atoms with E-state index in [0.717, 1.165) is 4.90 Å². The Morgan fingerprint density at radius 2 is 1.56 bits per heavy atom. The topological polar surface area (TPSA) is 104 Å². The fourth-order valence-electron chi connectivity index (χ4n) is 3.01. The van der Waals surface area contributed by atoms with E-state index in [1.807, 2.05) is 4.90 Å². The molecular weight excluding hydrogens is 346 g/mol. The maximum Gasteiger partial charge on any atom is 0.229 e. The molecule has 9 nitrogen and oxygen atoms in total. The van der Waals surface area contributed by atoms with Gasteiger partial charge < -0.3 is 4.90 Å². The smallest absolute Gasteiger partial charge is 0.229 e. The molecule has 3 rings (SSSR count). The molecule has 2 amide bonds. The first-order valence-corrected chi connectivity index (χ1v) is 9.91. The Hall–Kier alpha value is -2.07. The van der Waals surface area contributed by atoms with Crippen molar-refractivity contribution in [1.82, 2.24) is 19.2 Å². The molecule has 0 bridgehead atoms. The maximum atomic E-state index is 12.5. The molecule has 0 aromatic carbocycles. The van der Waals surface area contributed by atoms with E-state index in [9.17, 15) is 18.0 Å². The fourth-order valence-corrected chi connectivity index (χ4v) is 4.40. The van der Waals surface area contributed by atoms with Crippen LogP contribution in [0.5, 0.6) is 0 Å². The third-order valence-corrected chi connectivity index (χ3v) is 6.27. The Morgan fingerprint density at radius 1 is 0.960 bits per heavy atom. The average Bonchev–Trinajstić information content (AvgIpc) is 2.62. The lowest BCUT2D eigenvalue weighted by atomic mass is 10.1. The zero-order valence-corrected chi connectivity index (χ0v) is 14.7. The lowest BCUT2D eigenvalue weighted by Crippen LogP contribution is -2.51. The van der Waals surface area contributed by atoms with Crippen LogP contribution < -0.4 is 4.90 Å². The van der Waals surface area contributed by atoms with Gasteiger partial charge in [0, 0.05) is 58.0 Å². The lowest BCUT2D eigenvalue weighted by molar-refractivity contribution is -0.147. The van der Waals surface area contributed by atoms with Crippen molar-refractivity contribution in [2.24, 2.45) is 0 Å². The number of likely N-dealkylation sites (tertiary alicyclic amines) is 1. The monoisotopic (exact) mass is 367 g/mol. The first-order valence-electron chi connectivity index (χ1n) is 8.30. The van der Waals surface area contributed by atoms with Crippen LogP contribution in [-0.2, 0) is 19.6 Å². The van der Waals surface area contributed by atoms with Crippen molar-refractivity contribution >= 4 is 27.8 Å². The zero-order valence-electron chi connectivity index (χ0n) is 13.9. The summed E-state index contributed by atoms with van der Waals surface area (Å²) >= 11 is 0. The molecule has 0 atom stereocenters. The van der Waals surface area contributed by atoms with Crippen LogP contribution in [0.15, 0.2) is 18.5 Å². The zero-order chi connectivity index (χ0) is 17.9. The maximum absolute atomic E-state index is 12.5. The highest BCUT2D eigenvalue weighted by Gasteiger charge is 2.31. The number of anilines is 1. The Balaban J connectivity index is 1.55. The molecule has 1 aromatic heterocycles. The van der Waals surface area contributed by atoms with Crippen LogP contribution in [0.25, 0.3) is 0 Å². The number of sulfonamides is 1. The van der Waals surface area contributed by atoms with E-state index < -0.39 is 10.0 Å². The summed E-state index contributed by atoms with van der Waals surface area (Å²) in [6.07, 6.45) is 4.46. The minimum absolute atomic E-state index is 0.0674. The third-order valence-electron chi connectivity index (χ3n) is 4.42. The molecule has 0 spiro atoms. The van der Waals surface area contributed by atoms with Crippen molar-refractivity contribution in [3.8, 4) is 0 Å². The van der Waals surface area contributed by atoms with Crippen molar-refractivity contribution in [1.29, 1.82) is 0 Å². The molecule has 0 saturated carbocycles. The quantitative estimate of drug-likeness (QED) is 0.644. The predicted molar refractivity (Wildman–Crippen MR) is 90.2 cm³/mol. The van der Waals surface area contributed by atoms with Gasteiger partial charge in [-0.2, -0.15) is 4.31 Å². The van der Waals surface area contributed by atoms with E-state index in [0.29, 0.717) is 51.4 Å². The highest BCUT2D eigenvalue weighted by atomic mass is 32.2. The average molecular weight is 367 g/mol. The SMILES string of the molecule is O=C1CCCC(=O)N1CCS(=O)(=O)N1CCN(c2ncccn2)CC1. The summed E-state index contributed by atoms with van der Waals surface area (Å²) < 4.78 is 26.4. The van der Waals surface area contributed by atoms with Crippen molar-refractivity contribution in [2.75, 3.05) is 43.4 Å². The molecule has 0 unspecified atom stereocenters. The van der Waals surface area contributed by atoms with Crippen LogP contribution in [0.3, 0.4) is 0 Å². The summed E-state index contributed by atoms with van der Waals surface area (Å²) in [5, 5.41) is 0. The second-order valence-corrected chi connectivity index (χ2v) is 8.13. The molecule has 0 radical (unpaired) electrons. The number of hydrogen-bond donors (Lipinski definition) is 0. The van der Waals surface area contributed by atoms with Crippen LogP contribution >= 0.6 is 0 Å². The normalized spacial score (nSPS) is 20.2. The molecule has 10 heteroatoms. The molecule has 0 N–H and O–H groups in total. The van der Waals surface area contributed by atoms with Crippen LogP contribution in [-0.4, -0.2) is 77.9 Å². The number of carbonyl (C=O) groups is 2. The molecule has 2 saturated heterocycles.